The van der Waals surface area contributed by atoms with Crippen LogP contribution in [-0.4, -0.2) is 0 Å². The summed E-state index contributed by atoms with van der Waals surface area (Å²) in [5.41, 5.74) is 15.9. The largest absolute Gasteiger partial charge is 0.455 e. The van der Waals surface area contributed by atoms with Crippen LogP contribution in [0.2, 0.25) is 0 Å². The first kappa shape index (κ1) is 36.9. The molecule has 3 nitrogen and oxygen atoms in total. The van der Waals surface area contributed by atoms with Gasteiger partial charge in [-0.25, -0.2) is 0 Å². The molecular weight excluding hydrogens is 791 g/mol. The molecule has 11 aromatic carbocycles. The van der Waals surface area contributed by atoms with Crippen LogP contribution in [0.15, 0.2) is 245 Å². The summed E-state index contributed by atoms with van der Waals surface area (Å²) < 4.78 is 13.5. The van der Waals surface area contributed by atoms with E-state index in [0.29, 0.717) is 0 Å². The molecule has 65 heavy (non-hydrogen) atoms. The molecule has 0 unspecified atom stereocenters. The lowest BCUT2D eigenvalue weighted by atomic mass is 9.94. The predicted octanol–water partition coefficient (Wildman–Crippen LogP) is 17.9. The zero-order valence-electron chi connectivity index (χ0n) is 35.3. The van der Waals surface area contributed by atoms with Crippen molar-refractivity contribution in [2.24, 2.45) is 0 Å². The molecule has 2 aromatic heterocycles. The Morgan fingerprint density at radius 1 is 0.215 bits per heavy atom. The zero-order chi connectivity index (χ0) is 42.8. The fraction of sp³-hybridized carbons (Fsp3) is 0. The highest BCUT2D eigenvalue weighted by molar-refractivity contribution is 6.18. The van der Waals surface area contributed by atoms with Gasteiger partial charge >= 0.3 is 0 Å². The van der Waals surface area contributed by atoms with Gasteiger partial charge in [0.1, 0.15) is 22.3 Å². The van der Waals surface area contributed by atoms with E-state index in [1.807, 2.05) is 0 Å². The lowest BCUT2D eigenvalue weighted by molar-refractivity contribution is 0.673. The molecule has 0 saturated heterocycles. The summed E-state index contributed by atoms with van der Waals surface area (Å²) in [6.45, 7) is 0. The number of hydrogen-bond acceptors (Lipinski definition) is 3. The van der Waals surface area contributed by atoms with Gasteiger partial charge in [-0.3, -0.25) is 0 Å². The Labute approximate surface area is 375 Å². The summed E-state index contributed by atoms with van der Waals surface area (Å²) in [6, 6.07) is 84.5. The van der Waals surface area contributed by atoms with Gasteiger partial charge in [0.05, 0.1) is 0 Å². The molecule has 13 rings (SSSR count). The summed E-state index contributed by atoms with van der Waals surface area (Å²) in [5, 5.41) is 9.10. The van der Waals surface area contributed by atoms with Gasteiger partial charge in [0.15, 0.2) is 0 Å². The van der Waals surface area contributed by atoms with Crippen molar-refractivity contribution < 1.29 is 8.83 Å². The van der Waals surface area contributed by atoms with Crippen LogP contribution in [0.4, 0.5) is 17.1 Å². The molecule has 3 heteroatoms. The Balaban J connectivity index is 0.911. The van der Waals surface area contributed by atoms with Gasteiger partial charge in [0.25, 0.3) is 0 Å². The van der Waals surface area contributed by atoms with E-state index >= 15 is 0 Å². The highest BCUT2D eigenvalue weighted by Gasteiger charge is 2.19. The Morgan fingerprint density at radius 3 is 1.02 bits per heavy atom. The monoisotopic (exact) mass is 829 g/mol. The molecule has 0 aliphatic carbocycles. The average molecular weight is 830 g/mol. The Bertz CT molecular complexity index is 3720. The van der Waals surface area contributed by atoms with Crippen LogP contribution in [0, 0.1) is 0 Å². The fourth-order valence-corrected chi connectivity index (χ4v) is 9.93. The van der Waals surface area contributed by atoms with E-state index < -0.39 is 0 Å². The van der Waals surface area contributed by atoms with Crippen molar-refractivity contribution >= 4 is 82.5 Å². The summed E-state index contributed by atoms with van der Waals surface area (Å²) in [7, 11) is 0. The summed E-state index contributed by atoms with van der Waals surface area (Å²) in [4.78, 5) is 2.34. The molecule has 304 valence electrons. The molecule has 0 spiro atoms. The average Bonchev–Trinajstić information content (AvgIpc) is 3.97. The predicted molar refractivity (Wildman–Crippen MR) is 272 cm³/mol. The van der Waals surface area contributed by atoms with Crippen LogP contribution < -0.4 is 4.90 Å². The summed E-state index contributed by atoms with van der Waals surface area (Å²) >= 11 is 0. The molecule has 0 saturated carbocycles. The maximum absolute atomic E-state index is 6.75. The van der Waals surface area contributed by atoms with Gasteiger partial charge in [-0.15, -0.1) is 0 Å². The minimum absolute atomic E-state index is 0.901. The van der Waals surface area contributed by atoms with Crippen molar-refractivity contribution in [1.29, 1.82) is 0 Å². The number of anilines is 3. The summed E-state index contributed by atoms with van der Waals surface area (Å²) in [5.74, 6) is 0. The van der Waals surface area contributed by atoms with E-state index in [4.69, 9.17) is 8.83 Å². The number of nitrogens with zero attached hydrogens (tertiary/aromatic N) is 1. The molecule has 0 N–H and O–H groups in total. The molecule has 13 aromatic rings. The number of rotatable bonds is 7. The maximum Gasteiger partial charge on any atom is 0.143 e. The van der Waals surface area contributed by atoms with Gasteiger partial charge in [0, 0.05) is 60.5 Å². The van der Waals surface area contributed by atoms with Crippen molar-refractivity contribution in [1.82, 2.24) is 0 Å². The Morgan fingerprint density at radius 2 is 0.554 bits per heavy atom. The molecule has 0 fully saturated rings. The maximum atomic E-state index is 6.75. The standard InChI is InChI=1S/C62H39NO2/c1-2-12-40(13-3-1)49-16-8-9-17-50(49)43-24-32-46(33-25-43)63(47-34-26-44(27-35-47)53-20-10-22-55-57-38-30-41-14-4-6-18-51(41)61(57)64-59(53)55)48-36-28-45(29-37-48)54-21-11-23-56-58-39-31-42-15-5-7-19-52(42)62(58)65-60(54)56/h1-39H. The van der Waals surface area contributed by atoms with E-state index in [2.05, 4.69) is 241 Å². The van der Waals surface area contributed by atoms with E-state index in [0.717, 1.165) is 99.5 Å². The quantitative estimate of drug-likeness (QED) is 0.160. The van der Waals surface area contributed by atoms with E-state index in [9.17, 15) is 0 Å². The Kier molecular flexibility index (Phi) is 8.53. The number of furan rings is 2. The molecule has 0 aliphatic rings. The molecule has 0 amide bonds. The van der Waals surface area contributed by atoms with Gasteiger partial charge in [0.2, 0.25) is 0 Å². The topological polar surface area (TPSA) is 29.5 Å². The molecular formula is C62H39NO2. The lowest BCUT2D eigenvalue weighted by Gasteiger charge is -2.26. The van der Waals surface area contributed by atoms with Crippen LogP contribution >= 0.6 is 0 Å². The van der Waals surface area contributed by atoms with Crippen LogP contribution in [0.5, 0.6) is 0 Å². The minimum Gasteiger partial charge on any atom is -0.455 e. The van der Waals surface area contributed by atoms with E-state index in [1.54, 1.807) is 0 Å². The van der Waals surface area contributed by atoms with Crippen LogP contribution in [0.25, 0.3) is 110 Å². The van der Waals surface area contributed by atoms with E-state index in [-0.39, 0.29) is 0 Å². The zero-order valence-corrected chi connectivity index (χ0v) is 35.3. The third-order valence-electron chi connectivity index (χ3n) is 13.1. The highest BCUT2D eigenvalue weighted by Crippen LogP contribution is 2.43. The minimum atomic E-state index is 0.901. The number of fused-ring (bicyclic) bond motifs is 10. The van der Waals surface area contributed by atoms with Gasteiger partial charge in [-0.2, -0.15) is 0 Å². The number of benzene rings is 11. The Hall–Kier alpha value is -8.66. The first-order chi connectivity index (χ1) is 32.2. The highest BCUT2D eigenvalue weighted by atomic mass is 16.3. The second kappa shape index (κ2) is 15.0. The molecule has 0 aliphatic heterocycles. The van der Waals surface area contributed by atoms with Crippen molar-refractivity contribution in [3.05, 3.63) is 237 Å². The van der Waals surface area contributed by atoms with Crippen LogP contribution in [-0.2, 0) is 0 Å². The molecule has 0 bridgehead atoms. The van der Waals surface area contributed by atoms with Crippen molar-refractivity contribution in [3.8, 4) is 44.5 Å². The second-order valence-corrected chi connectivity index (χ2v) is 16.8. The third kappa shape index (κ3) is 6.12. The summed E-state index contributed by atoms with van der Waals surface area (Å²) in [6.07, 6.45) is 0. The van der Waals surface area contributed by atoms with Crippen molar-refractivity contribution in [3.63, 3.8) is 0 Å². The van der Waals surface area contributed by atoms with E-state index in [1.165, 1.54) is 27.5 Å². The molecule has 0 radical (unpaired) electrons. The molecule has 2 heterocycles. The fourth-order valence-electron chi connectivity index (χ4n) is 9.93. The first-order valence-electron chi connectivity index (χ1n) is 22.2. The van der Waals surface area contributed by atoms with Crippen LogP contribution in [0.1, 0.15) is 0 Å². The van der Waals surface area contributed by atoms with Gasteiger partial charge in [-0.05, 0) is 92.7 Å². The number of para-hydroxylation sites is 2. The second-order valence-electron chi connectivity index (χ2n) is 16.8. The van der Waals surface area contributed by atoms with Gasteiger partial charge < -0.3 is 13.7 Å². The van der Waals surface area contributed by atoms with Crippen molar-refractivity contribution in [2.45, 2.75) is 0 Å². The first-order valence-corrected chi connectivity index (χ1v) is 22.2. The van der Waals surface area contributed by atoms with Gasteiger partial charge in [-0.1, -0.05) is 188 Å². The normalized spacial score (nSPS) is 11.7. The number of hydrogen-bond donors (Lipinski definition) is 0. The third-order valence-corrected chi connectivity index (χ3v) is 13.1. The lowest BCUT2D eigenvalue weighted by Crippen LogP contribution is -2.09. The SMILES string of the molecule is c1ccc(-c2ccccc2-c2ccc(N(c3ccc(-c4cccc5c4oc4c6ccccc6ccc54)cc3)c3ccc(-c4cccc5c4oc4c6ccccc6ccc54)cc3)cc2)cc1. The van der Waals surface area contributed by atoms with Crippen molar-refractivity contribution in [2.75, 3.05) is 4.90 Å². The molecule has 0 atom stereocenters. The smallest absolute Gasteiger partial charge is 0.143 e. The van der Waals surface area contributed by atoms with Crippen LogP contribution in [0.3, 0.4) is 0 Å².